The standard InChI is InChI=1S/C25H24N2O4/c1-31-19-11-9-18(10-12-19)26-23(28)20(13-15-5-3-2-4-6-15)27-24(29)21-16-7-8-17(14-16)22(21)25(27)30/h2-12,16-17,20-22H,13-14H2,1H3,(H,26,28)/t16-,17-,20-,21+,22+/m0/s1. The third-order valence-electron chi connectivity index (χ3n) is 6.75. The number of hydrogen-bond acceptors (Lipinski definition) is 4. The molecule has 0 unspecified atom stereocenters. The molecule has 2 bridgehead atoms. The van der Waals surface area contributed by atoms with Gasteiger partial charge in [-0.25, -0.2) is 0 Å². The molecule has 0 spiro atoms. The van der Waals surface area contributed by atoms with Gasteiger partial charge in [0.05, 0.1) is 18.9 Å². The summed E-state index contributed by atoms with van der Waals surface area (Å²) in [6.45, 7) is 0. The molecule has 5 atom stereocenters. The van der Waals surface area contributed by atoms with Gasteiger partial charge in [0.1, 0.15) is 11.8 Å². The molecule has 2 aromatic carbocycles. The fourth-order valence-corrected chi connectivity index (χ4v) is 5.27. The molecule has 1 N–H and O–H groups in total. The van der Waals surface area contributed by atoms with Gasteiger partial charge in [0.25, 0.3) is 0 Å². The van der Waals surface area contributed by atoms with Crippen molar-refractivity contribution in [1.29, 1.82) is 0 Å². The molecular formula is C25H24N2O4. The van der Waals surface area contributed by atoms with Gasteiger partial charge >= 0.3 is 0 Å². The number of fused-ring (bicyclic) bond motifs is 5. The summed E-state index contributed by atoms with van der Waals surface area (Å²) in [5, 5.41) is 2.88. The lowest BCUT2D eigenvalue weighted by molar-refractivity contribution is -0.147. The van der Waals surface area contributed by atoms with Gasteiger partial charge in [-0.15, -0.1) is 0 Å². The van der Waals surface area contributed by atoms with Gasteiger partial charge < -0.3 is 10.1 Å². The van der Waals surface area contributed by atoms with Gasteiger partial charge in [0, 0.05) is 12.1 Å². The highest BCUT2D eigenvalue weighted by atomic mass is 16.5. The van der Waals surface area contributed by atoms with E-state index in [0.717, 1.165) is 12.0 Å². The van der Waals surface area contributed by atoms with E-state index in [1.807, 2.05) is 30.3 Å². The lowest BCUT2D eigenvalue weighted by atomic mass is 9.85. The summed E-state index contributed by atoms with van der Waals surface area (Å²) in [7, 11) is 1.58. The Kier molecular flexibility index (Phi) is 4.85. The van der Waals surface area contributed by atoms with Crippen LogP contribution in [0, 0.1) is 23.7 Å². The van der Waals surface area contributed by atoms with Crippen LogP contribution in [0.3, 0.4) is 0 Å². The number of ether oxygens (including phenoxy) is 1. The third-order valence-corrected chi connectivity index (χ3v) is 6.75. The first-order valence-corrected chi connectivity index (χ1v) is 10.6. The van der Waals surface area contributed by atoms with E-state index in [1.165, 1.54) is 4.90 Å². The van der Waals surface area contributed by atoms with Crippen LogP contribution in [-0.4, -0.2) is 35.8 Å². The predicted molar refractivity (Wildman–Crippen MR) is 115 cm³/mol. The first kappa shape index (κ1) is 19.5. The van der Waals surface area contributed by atoms with E-state index in [0.29, 0.717) is 11.4 Å². The molecule has 0 radical (unpaired) electrons. The van der Waals surface area contributed by atoms with E-state index in [9.17, 15) is 14.4 Å². The number of benzene rings is 2. The van der Waals surface area contributed by atoms with Gasteiger partial charge in [-0.1, -0.05) is 42.5 Å². The number of nitrogens with zero attached hydrogens (tertiary/aromatic N) is 1. The molecule has 1 saturated carbocycles. The maximum absolute atomic E-state index is 13.3. The number of anilines is 1. The summed E-state index contributed by atoms with van der Waals surface area (Å²) in [6, 6.07) is 15.6. The summed E-state index contributed by atoms with van der Waals surface area (Å²) < 4.78 is 5.16. The zero-order valence-electron chi connectivity index (χ0n) is 17.2. The Hall–Kier alpha value is -3.41. The lowest BCUT2D eigenvalue weighted by Gasteiger charge is -2.27. The number of carbonyl (C=O) groups excluding carboxylic acids is 3. The van der Waals surface area contributed by atoms with Crippen LogP contribution in [0.2, 0.25) is 0 Å². The molecule has 6 heteroatoms. The lowest BCUT2D eigenvalue weighted by Crippen LogP contribution is -2.49. The number of imide groups is 1. The fraction of sp³-hybridized carbons (Fsp3) is 0.320. The molecule has 1 aliphatic heterocycles. The average Bonchev–Trinajstić information content (AvgIpc) is 3.47. The molecule has 5 rings (SSSR count). The average molecular weight is 416 g/mol. The van der Waals surface area contributed by atoms with E-state index in [2.05, 4.69) is 17.5 Å². The number of hydrogen-bond donors (Lipinski definition) is 1. The molecule has 0 aromatic heterocycles. The van der Waals surface area contributed by atoms with Crippen LogP contribution in [0.1, 0.15) is 12.0 Å². The van der Waals surface area contributed by atoms with Crippen molar-refractivity contribution in [3.63, 3.8) is 0 Å². The molecule has 2 aliphatic carbocycles. The number of nitrogens with one attached hydrogen (secondary N) is 1. The maximum atomic E-state index is 13.3. The van der Waals surface area contributed by atoms with Gasteiger partial charge in [-0.05, 0) is 48.1 Å². The molecule has 3 amide bonds. The topological polar surface area (TPSA) is 75.7 Å². The van der Waals surface area contributed by atoms with Crippen molar-refractivity contribution >= 4 is 23.4 Å². The molecule has 3 aliphatic rings. The first-order valence-electron chi connectivity index (χ1n) is 10.6. The fourth-order valence-electron chi connectivity index (χ4n) is 5.27. The van der Waals surface area contributed by atoms with Crippen LogP contribution in [0.25, 0.3) is 0 Å². The van der Waals surface area contributed by atoms with Crippen LogP contribution >= 0.6 is 0 Å². The highest BCUT2D eigenvalue weighted by molar-refractivity contribution is 6.10. The van der Waals surface area contributed by atoms with Crippen molar-refractivity contribution in [3.8, 4) is 5.75 Å². The molecule has 158 valence electrons. The smallest absolute Gasteiger partial charge is 0.248 e. The second kappa shape index (κ2) is 7.69. The Labute approximate surface area is 180 Å². The predicted octanol–water partition coefficient (Wildman–Crippen LogP) is 3.05. The molecule has 31 heavy (non-hydrogen) atoms. The summed E-state index contributed by atoms with van der Waals surface area (Å²) in [5.74, 6) is -0.535. The van der Waals surface area contributed by atoms with Crippen LogP contribution in [0.15, 0.2) is 66.7 Å². The molecular weight excluding hydrogens is 392 g/mol. The van der Waals surface area contributed by atoms with Crippen LogP contribution in [0.4, 0.5) is 5.69 Å². The van der Waals surface area contributed by atoms with Crippen molar-refractivity contribution < 1.29 is 19.1 Å². The Balaban J connectivity index is 1.43. The normalized spacial score (nSPS) is 26.8. The van der Waals surface area contributed by atoms with E-state index in [4.69, 9.17) is 4.74 Å². The summed E-state index contributed by atoms with van der Waals surface area (Å²) in [4.78, 5) is 41.3. The largest absolute Gasteiger partial charge is 0.497 e. The molecule has 1 saturated heterocycles. The van der Waals surface area contributed by atoms with Crippen LogP contribution < -0.4 is 10.1 Å². The van der Waals surface area contributed by atoms with Gasteiger partial charge in [0.15, 0.2) is 0 Å². The van der Waals surface area contributed by atoms with E-state index in [-0.39, 0.29) is 47.8 Å². The van der Waals surface area contributed by atoms with Crippen LogP contribution in [0.5, 0.6) is 5.75 Å². The summed E-state index contributed by atoms with van der Waals surface area (Å²) in [6.07, 6.45) is 5.26. The molecule has 2 aromatic rings. The minimum absolute atomic E-state index is 0.110. The quantitative estimate of drug-likeness (QED) is 0.580. The number of allylic oxidation sites excluding steroid dienone is 2. The Morgan fingerprint density at radius 1 is 1.00 bits per heavy atom. The number of carbonyl (C=O) groups is 3. The SMILES string of the molecule is COc1ccc(NC(=O)[C@H](Cc2ccccc2)N2C(=O)[C@H]3[C@H](C2=O)[C@H]2C=C[C@H]3C2)cc1. The second-order valence-corrected chi connectivity index (χ2v) is 8.47. The highest BCUT2D eigenvalue weighted by Gasteiger charge is 2.61. The monoisotopic (exact) mass is 416 g/mol. The minimum atomic E-state index is -0.894. The number of likely N-dealkylation sites (tertiary alicyclic amines) is 1. The van der Waals surface area contributed by atoms with E-state index < -0.39 is 6.04 Å². The third kappa shape index (κ3) is 3.32. The van der Waals surface area contributed by atoms with E-state index in [1.54, 1.807) is 31.4 Å². The van der Waals surface area contributed by atoms with Crippen molar-refractivity contribution in [2.75, 3.05) is 12.4 Å². The number of rotatable bonds is 6. The van der Waals surface area contributed by atoms with Gasteiger partial charge in [-0.2, -0.15) is 0 Å². The van der Waals surface area contributed by atoms with Gasteiger partial charge in [-0.3, -0.25) is 19.3 Å². The highest BCUT2D eigenvalue weighted by Crippen LogP contribution is 2.53. The molecule has 1 heterocycles. The second-order valence-electron chi connectivity index (χ2n) is 8.47. The Morgan fingerprint density at radius 3 is 2.19 bits per heavy atom. The van der Waals surface area contributed by atoms with E-state index >= 15 is 0 Å². The Morgan fingerprint density at radius 2 is 1.61 bits per heavy atom. The zero-order valence-corrected chi connectivity index (χ0v) is 17.2. The maximum Gasteiger partial charge on any atom is 0.248 e. The van der Waals surface area contributed by atoms with Crippen molar-refractivity contribution in [2.24, 2.45) is 23.7 Å². The molecule has 2 fully saturated rings. The van der Waals surface area contributed by atoms with Crippen molar-refractivity contribution in [1.82, 2.24) is 4.90 Å². The van der Waals surface area contributed by atoms with Crippen molar-refractivity contribution in [2.45, 2.75) is 18.9 Å². The van der Waals surface area contributed by atoms with Crippen molar-refractivity contribution in [3.05, 3.63) is 72.3 Å². The minimum Gasteiger partial charge on any atom is -0.497 e. The summed E-state index contributed by atoms with van der Waals surface area (Å²) >= 11 is 0. The summed E-state index contributed by atoms with van der Waals surface area (Å²) in [5.41, 5.74) is 1.49. The van der Waals surface area contributed by atoms with Crippen LogP contribution in [-0.2, 0) is 20.8 Å². The first-order chi connectivity index (χ1) is 15.1. The number of methoxy groups -OCH3 is 1. The number of amides is 3. The molecule has 6 nitrogen and oxygen atoms in total. The van der Waals surface area contributed by atoms with Gasteiger partial charge in [0.2, 0.25) is 17.7 Å². The Bertz CT molecular complexity index is 1020. The zero-order chi connectivity index (χ0) is 21.5.